The van der Waals surface area contributed by atoms with Crippen LogP contribution in [-0.2, 0) is 5.41 Å². The molecule has 0 heterocycles. The predicted octanol–water partition coefficient (Wildman–Crippen LogP) is 16.8. The van der Waals surface area contributed by atoms with Crippen LogP contribution in [0.5, 0.6) is 0 Å². The molecule has 1 heteroatoms. The normalized spacial score (nSPS) is 13.9. The van der Waals surface area contributed by atoms with E-state index in [0.717, 1.165) is 22.6 Å². The van der Waals surface area contributed by atoms with Crippen molar-refractivity contribution < 1.29 is 0 Å². The molecule has 298 valence electrons. The van der Waals surface area contributed by atoms with E-state index < -0.39 is 0 Å². The number of hydrogen-bond acceptors (Lipinski definition) is 1. The lowest BCUT2D eigenvalue weighted by atomic mass is 9.74. The number of nitrogens with zero attached hydrogens (tertiary/aromatic N) is 1. The van der Waals surface area contributed by atoms with Crippen molar-refractivity contribution in [3.8, 4) is 66.8 Å². The maximum absolute atomic E-state index is 2.46. The molecule has 0 saturated carbocycles. The minimum absolute atomic E-state index is 0.335. The van der Waals surface area contributed by atoms with E-state index in [0.29, 0.717) is 0 Å². The lowest BCUT2D eigenvalue weighted by Crippen LogP contribution is -2.22. The Labute approximate surface area is 370 Å². The first-order valence-corrected chi connectivity index (χ1v) is 21.8. The van der Waals surface area contributed by atoms with Gasteiger partial charge in [-0.2, -0.15) is 0 Å². The average Bonchev–Trinajstić information content (AvgIpc) is 3.63. The molecule has 0 spiro atoms. The van der Waals surface area contributed by atoms with Crippen LogP contribution in [0.4, 0.5) is 17.1 Å². The van der Waals surface area contributed by atoms with Crippen LogP contribution in [0.3, 0.4) is 0 Å². The van der Waals surface area contributed by atoms with Gasteiger partial charge in [-0.05, 0) is 115 Å². The first-order valence-electron chi connectivity index (χ1n) is 21.8. The molecular weight excluding hydrogens is 759 g/mol. The number of anilines is 3. The molecule has 10 aromatic carbocycles. The maximum atomic E-state index is 2.46. The number of para-hydroxylation sites is 1. The molecule has 1 aliphatic rings. The summed E-state index contributed by atoms with van der Waals surface area (Å²) in [7, 11) is 0. The molecule has 0 aliphatic heterocycles. The summed E-state index contributed by atoms with van der Waals surface area (Å²) < 4.78 is 0. The van der Waals surface area contributed by atoms with E-state index >= 15 is 0 Å². The zero-order chi connectivity index (χ0) is 42.2. The molecule has 63 heavy (non-hydrogen) atoms. The SMILES string of the molecule is CC1(c2ccccc2)c2ccccc2-c2ccc(N(c3ccc(-c4ccc(-c5ccccc5)cc4)cc3)c3ccccc3-c3ccccc3-c3ccccc3-c3ccccc3)cc21. The minimum Gasteiger partial charge on any atom is -0.310 e. The fourth-order valence-electron chi connectivity index (χ4n) is 9.85. The standard InChI is InChI=1S/C62H45N/c1-62(49-23-9-4-10-24-49)59-31-17-15-29-56(59)57-42-41-51(43-60(57)62)63(50-39-37-47(38-40-50)46-35-33-45(34-36-46)44-19-5-2-6-20-44)61-32-18-16-30-58(61)55-28-14-13-27-54(55)53-26-12-11-25-52(53)48-21-7-3-8-22-48/h2-43H,1H3. The van der Waals surface area contributed by atoms with Crippen molar-refractivity contribution in [3.63, 3.8) is 0 Å². The topological polar surface area (TPSA) is 3.24 Å². The second-order valence-electron chi connectivity index (χ2n) is 16.6. The van der Waals surface area contributed by atoms with Gasteiger partial charge in [0.25, 0.3) is 0 Å². The lowest BCUT2D eigenvalue weighted by molar-refractivity contribution is 0.714. The molecule has 0 amide bonds. The Morgan fingerprint density at radius 3 is 1.29 bits per heavy atom. The predicted molar refractivity (Wildman–Crippen MR) is 266 cm³/mol. The van der Waals surface area contributed by atoms with Crippen molar-refractivity contribution in [2.24, 2.45) is 0 Å². The summed E-state index contributed by atoms with van der Waals surface area (Å²) in [5, 5.41) is 0. The maximum Gasteiger partial charge on any atom is 0.0540 e. The van der Waals surface area contributed by atoms with Crippen LogP contribution in [0.2, 0.25) is 0 Å². The van der Waals surface area contributed by atoms with Crippen molar-refractivity contribution >= 4 is 17.1 Å². The first kappa shape index (κ1) is 38.0. The van der Waals surface area contributed by atoms with Gasteiger partial charge in [-0.3, -0.25) is 0 Å². The molecule has 10 aromatic rings. The van der Waals surface area contributed by atoms with Crippen LogP contribution < -0.4 is 4.90 Å². The average molecular weight is 804 g/mol. The van der Waals surface area contributed by atoms with E-state index in [4.69, 9.17) is 0 Å². The number of hydrogen-bond donors (Lipinski definition) is 0. The van der Waals surface area contributed by atoms with E-state index in [-0.39, 0.29) is 5.41 Å². The Kier molecular flexibility index (Phi) is 9.71. The summed E-state index contributed by atoms with van der Waals surface area (Å²) in [4.78, 5) is 2.46. The van der Waals surface area contributed by atoms with Crippen molar-refractivity contribution in [1.82, 2.24) is 0 Å². The molecule has 1 unspecified atom stereocenters. The lowest BCUT2D eigenvalue weighted by Gasteiger charge is -2.32. The second-order valence-corrected chi connectivity index (χ2v) is 16.6. The van der Waals surface area contributed by atoms with Crippen LogP contribution in [0.25, 0.3) is 66.8 Å². The van der Waals surface area contributed by atoms with Crippen LogP contribution in [0, 0.1) is 0 Å². The van der Waals surface area contributed by atoms with E-state index in [1.807, 2.05) is 0 Å². The minimum atomic E-state index is -0.335. The monoisotopic (exact) mass is 803 g/mol. The number of fused-ring (bicyclic) bond motifs is 3. The third-order valence-corrected chi connectivity index (χ3v) is 13.0. The van der Waals surface area contributed by atoms with Gasteiger partial charge in [-0.15, -0.1) is 0 Å². The van der Waals surface area contributed by atoms with Gasteiger partial charge in [0.2, 0.25) is 0 Å². The molecule has 0 radical (unpaired) electrons. The van der Waals surface area contributed by atoms with E-state index in [1.54, 1.807) is 0 Å². The van der Waals surface area contributed by atoms with Crippen LogP contribution in [0.1, 0.15) is 23.6 Å². The Morgan fingerprint density at radius 2 is 0.667 bits per heavy atom. The number of benzene rings is 10. The van der Waals surface area contributed by atoms with Gasteiger partial charge >= 0.3 is 0 Å². The second kappa shape index (κ2) is 16.1. The summed E-state index contributed by atoms with van der Waals surface area (Å²) in [6.07, 6.45) is 0. The highest BCUT2D eigenvalue weighted by molar-refractivity contribution is 5.98. The van der Waals surface area contributed by atoms with Gasteiger partial charge in [0.1, 0.15) is 0 Å². The van der Waals surface area contributed by atoms with E-state index in [9.17, 15) is 0 Å². The molecule has 0 bridgehead atoms. The van der Waals surface area contributed by atoms with Gasteiger partial charge in [0.15, 0.2) is 0 Å². The number of rotatable bonds is 9. The summed E-state index contributed by atoms with van der Waals surface area (Å²) in [5.41, 5.74) is 21.4. The van der Waals surface area contributed by atoms with Crippen molar-refractivity contribution in [1.29, 1.82) is 0 Å². The fraction of sp³-hybridized carbons (Fsp3) is 0.0323. The summed E-state index contributed by atoms with van der Waals surface area (Å²) in [6.45, 7) is 2.40. The third kappa shape index (κ3) is 6.76. The fourth-order valence-corrected chi connectivity index (χ4v) is 9.85. The molecular formula is C62H45N. The van der Waals surface area contributed by atoms with E-state index in [2.05, 4.69) is 267 Å². The smallest absolute Gasteiger partial charge is 0.0540 e. The molecule has 11 rings (SSSR count). The zero-order valence-corrected chi connectivity index (χ0v) is 35.2. The van der Waals surface area contributed by atoms with Gasteiger partial charge < -0.3 is 4.90 Å². The van der Waals surface area contributed by atoms with Gasteiger partial charge in [-0.25, -0.2) is 0 Å². The summed E-state index contributed by atoms with van der Waals surface area (Å²) in [5.74, 6) is 0. The first-order chi connectivity index (χ1) is 31.1. The molecule has 0 aromatic heterocycles. The van der Waals surface area contributed by atoms with Gasteiger partial charge in [-0.1, -0.05) is 224 Å². The Hall–Kier alpha value is -8.00. The summed E-state index contributed by atoms with van der Waals surface area (Å²) in [6, 6.07) is 92.9. The van der Waals surface area contributed by atoms with Crippen molar-refractivity contribution in [3.05, 3.63) is 271 Å². The molecule has 0 N–H and O–H groups in total. The van der Waals surface area contributed by atoms with Gasteiger partial charge in [0, 0.05) is 22.4 Å². The summed E-state index contributed by atoms with van der Waals surface area (Å²) >= 11 is 0. The Bertz CT molecular complexity index is 3210. The largest absolute Gasteiger partial charge is 0.310 e. The molecule has 0 fully saturated rings. The highest BCUT2D eigenvalue weighted by Gasteiger charge is 2.41. The van der Waals surface area contributed by atoms with Crippen molar-refractivity contribution in [2.45, 2.75) is 12.3 Å². The van der Waals surface area contributed by atoms with Crippen LogP contribution in [-0.4, -0.2) is 0 Å². The highest BCUT2D eigenvalue weighted by atomic mass is 15.1. The van der Waals surface area contributed by atoms with Crippen LogP contribution in [0.15, 0.2) is 255 Å². The molecule has 1 aliphatic carbocycles. The zero-order valence-electron chi connectivity index (χ0n) is 35.2. The molecule has 0 saturated heterocycles. The van der Waals surface area contributed by atoms with Crippen LogP contribution >= 0.6 is 0 Å². The molecule has 1 atom stereocenters. The molecule has 1 nitrogen and oxygen atoms in total. The highest BCUT2D eigenvalue weighted by Crippen LogP contribution is 2.54. The Balaban J connectivity index is 1.08. The van der Waals surface area contributed by atoms with Gasteiger partial charge in [0.05, 0.1) is 5.69 Å². The van der Waals surface area contributed by atoms with E-state index in [1.165, 1.54) is 77.9 Å². The van der Waals surface area contributed by atoms with Crippen molar-refractivity contribution in [2.75, 3.05) is 4.90 Å². The Morgan fingerprint density at radius 1 is 0.270 bits per heavy atom. The quantitative estimate of drug-likeness (QED) is 0.140. The third-order valence-electron chi connectivity index (χ3n) is 13.0.